The van der Waals surface area contributed by atoms with Crippen molar-refractivity contribution in [2.45, 2.75) is 13.3 Å². The molecule has 1 aromatic carbocycles. The number of nitrogens with zero attached hydrogens (tertiary/aromatic N) is 2. The highest BCUT2D eigenvalue weighted by atomic mass is 19.1. The van der Waals surface area contributed by atoms with Crippen molar-refractivity contribution in [3.63, 3.8) is 0 Å². The van der Waals surface area contributed by atoms with E-state index in [0.717, 1.165) is 5.56 Å². The third kappa shape index (κ3) is 2.22. The zero-order valence-electron chi connectivity index (χ0n) is 9.44. The Hall–Kier alpha value is -2.04. The van der Waals surface area contributed by atoms with E-state index in [4.69, 9.17) is 4.74 Å². The Morgan fingerprint density at radius 3 is 3.06 bits per heavy atom. The number of halogens is 1. The molecule has 4 nitrogen and oxygen atoms in total. The Labute approximate surface area is 98.0 Å². The van der Waals surface area contributed by atoms with E-state index in [1.807, 2.05) is 0 Å². The van der Waals surface area contributed by atoms with Crippen molar-refractivity contribution in [1.82, 2.24) is 0 Å². The molecule has 88 valence electrons. The van der Waals surface area contributed by atoms with E-state index in [2.05, 4.69) is 11.8 Å². The third-order valence-corrected chi connectivity index (χ3v) is 2.41. The first-order chi connectivity index (χ1) is 8.11. The molecule has 1 aliphatic rings. The first-order valence-corrected chi connectivity index (χ1v) is 5.25. The van der Waals surface area contributed by atoms with E-state index in [1.54, 1.807) is 13.0 Å². The number of ether oxygens (including phenoxy) is 1. The van der Waals surface area contributed by atoms with Gasteiger partial charge in [0.2, 0.25) is 5.69 Å². The number of carbonyl (C=O) groups is 1. The summed E-state index contributed by atoms with van der Waals surface area (Å²) in [5, 5.41) is 4.09. The van der Waals surface area contributed by atoms with Crippen LogP contribution in [0.1, 0.15) is 18.9 Å². The third-order valence-electron chi connectivity index (χ3n) is 2.41. The van der Waals surface area contributed by atoms with Gasteiger partial charge in [0, 0.05) is 11.2 Å². The zero-order valence-corrected chi connectivity index (χ0v) is 9.44. The molecule has 0 N–H and O–H groups in total. The molecule has 0 unspecified atom stereocenters. The van der Waals surface area contributed by atoms with Gasteiger partial charge < -0.3 is 4.74 Å². The van der Waals surface area contributed by atoms with E-state index in [1.165, 1.54) is 16.8 Å². The first-order valence-electron chi connectivity index (χ1n) is 5.25. The second-order valence-electron chi connectivity index (χ2n) is 3.59. The van der Waals surface area contributed by atoms with Crippen LogP contribution < -0.4 is 0 Å². The van der Waals surface area contributed by atoms with Gasteiger partial charge in [0.1, 0.15) is 11.5 Å². The first kappa shape index (κ1) is 11.4. The minimum absolute atomic E-state index is 0.0679. The average Bonchev–Trinajstić information content (AvgIpc) is 2.56. The Morgan fingerprint density at radius 1 is 1.59 bits per heavy atom. The maximum Gasteiger partial charge on any atom is 0.312 e. The van der Waals surface area contributed by atoms with Gasteiger partial charge in [-0.05, 0) is 19.1 Å². The Balaban J connectivity index is 2.26. The summed E-state index contributed by atoms with van der Waals surface area (Å²) in [5.74, 6) is -0.707. The fourth-order valence-corrected chi connectivity index (χ4v) is 1.70. The molecule has 0 amide bonds. The Kier molecular flexibility index (Phi) is 2.99. The lowest BCUT2D eigenvalue weighted by Crippen LogP contribution is -2.10. The van der Waals surface area contributed by atoms with Crippen LogP contribution >= 0.6 is 0 Å². The normalized spacial score (nSPS) is 13.3. The molecule has 1 aliphatic heterocycles. The van der Waals surface area contributed by atoms with Gasteiger partial charge in [-0.3, -0.25) is 4.79 Å². The van der Waals surface area contributed by atoms with E-state index in [9.17, 15) is 9.18 Å². The number of benzene rings is 1. The summed E-state index contributed by atoms with van der Waals surface area (Å²) in [5.41, 5.74) is 1.83. The Bertz CT molecular complexity index is 523. The van der Waals surface area contributed by atoms with Crippen LogP contribution in [-0.2, 0) is 9.53 Å². The van der Waals surface area contributed by atoms with Crippen LogP contribution in [0.2, 0.25) is 0 Å². The highest BCUT2D eigenvalue weighted by molar-refractivity contribution is 6.12. The molecule has 0 spiro atoms. The fourth-order valence-electron chi connectivity index (χ4n) is 1.70. The number of hydrogen-bond donors (Lipinski definition) is 0. The van der Waals surface area contributed by atoms with Gasteiger partial charge in [-0.1, -0.05) is 4.68 Å². The quantitative estimate of drug-likeness (QED) is 0.592. The van der Waals surface area contributed by atoms with Crippen molar-refractivity contribution in [3.8, 4) is 0 Å². The smallest absolute Gasteiger partial charge is 0.312 e. The number of rotatable bonds is 3. The van der Waals surface area contributed by atoms with Crippen molar-refractivity contribution < 1.29 is 18.6 Å². The predicted octanol–water partition coefficient (Wildman–Crippen LogP) is 1.84. The summed E-state index contributed by atoms with van der Waals surface area (Å²) in [7, 11) is 0. The molecule has 0 atom stereocenters. The minimum atomic E-state index is -0.356. The van der Waals surface area contributed by atoms with Crippen LogP contribution in [0.4, 0.5) is 10.1 Å². The molecule has 1 aromatic rings. The predicted molar refractivity (Wildman–Crippen MR) is 61.2 cm³/mol. The van der Waals surface area contributed by atoms with Crippen molar-refractivity contribution >= 4 is 24.1 Å². The van der Waals surface area contributed by atoms with Crippen LogP contribution in [0.5, 0.6) is 0 Å². The molecule has 17 heavy (non-hydrogen) atoms. The molecule has 1 heterocycles. The molecule has 0 aromatic heterocycles. The number of carbonyl (C=O) groups excluding carboxylic acids is 1. The van der Waals surface area contributed by atoms with Gasteiger partial charge in [0.05, 0.1) is 18.6 Å². The van der Waals surface area contributed by atoms with Crippen molar-refractivity contribution in [1.29, 1.82) is 0 Å². The average molecular weight is 235 g/mol. The standard InChI is InChI=1S/C12H12FN2O2/c1-3-17-12(16)7-10-9-5-4-8(13)6-11(9)15(2)14-10/h4-6H,2-3,7H2,1H3/q+1. The van der Waals surface area contributed by atoms with Crippen LogP contribution in [0.3, 0.4) is 0 Å². The van der Waals surface area contributed by atoms with Crippen LogP contribution in [0.25, 0.3) is 0 Å². The van der Waals surface area contributed by atoms with Crippen LogP contribution in [-0.4, -0.2) is 29.7 Å². The van der Waals surface area contributed by atoms with Gasteiger partial charge >= 0.3 is 5.97 Å². The molecule has 0 aliphatic carbocycles. The topological polar surface area (TPSA) is 41.7 Å². The summed E-state index contributed by atoms with van der Waals surface area (Å²) in [6.07, 6.45) is 0.0679. The lowest BCUT2D eigenvalue weighted by molar-refractivity contribution is -0.431. The number of fused-ring (bicyclic) bond motifs is 1. The number of hydrazone groups is 1. The zero-order chi connectivity index (χ0) is 12.4. The van der Waals surface area contributed by atoms with Gasteiger partial charge in [-0.25, -0.2) is 4.39 Å². The van der Waals surface area contributed by atoms with Gasteiger partial charge in [0.15, 0.2) is 6.72 Å². The van der Waals surface area contributed by atoms with Crippen LogP contribution in [0, 0.1) is 5.82 Å². The van der Waals surface area contributed by atoms with Crippen molar-refractivity contribution in [2.75, 3.05) is 6.61 Å². The van der Waals surface area contributed by atoms with E-state index in [-0.39, 0.29) is 18.2 Å². The second kappa shape index (κ2) is 4.45. The molecule has 0 saturated carbocycles. The number of hydrogen-bond acceptors (Lipinski definition) is 3. The van der Waals surface area contributed by atoms with E-state index < -0.39 is 0 Å². The molecule has 0 radical (unpaired) electrons. The van der Waals surface area contributed by atoms with E-state index >= 15 is 0 Å². The molecule has 2 rings (SSSR count). The fraction of sp³-hybridized carbons (Fsp3) is 0.250. The van der Waals surface area contributed by atoms with Gasteiger partial charge in [0.25, 0.3) is 0 Å². The summed E-state index contributed by atoms with van der Waals surface area (Å²) < 4.78 is 19.2. The summed E-state index contributed by atoms with van der Waals surface area (Å²) in [4.78, 5) is 11.4. The number of esters is 1. The maximum absolute atomic E-state index is 13.0. The molecule has 0 saturated heterocycles. The van der Waals surface area contributed by atoms with Gasteiger partial charge in [-0.15, -0.1) is 0 Å². The molecule has 5 heteroatoms. The summed E-state index contributed by atoms with van der Waals surface area (Å²) in [6.45, 7) is 5.72. The molecular formula is C12H12FN2O2+. The highest BCUT2D eigenvalue weighted by Gasteiger charge is 2.29. The highest BCUT2D eigenvalue weighted by Crippen LogP contribution is 2.27. The largest absolute Gasteiger partial charge is 0.466 e. The van der Waals surface area contributed by atoms with Crippen molar-refractivity contribution in [2.24, 2.45) is 5.10 Å². The lowest BCUT2D eigenvalue weighted by Gasteiger charge is -1.99. The van der Waals surface area contributed by atoms with Crippen LogP contribution in [0.15, 0.2) is 23.3 Å². The Morgan fingerprint density at radius 2 is 2.35 bits per heavy atom. The monoisotopic (exact) mass is 235 g/mol. The SMILES string of the molecule is C=[N+]1N=C(CC(=O)OCC)c2ccc(F)cc21. The molecule has 0 bridgehead atoms. The van der Waals surface area contributed by atoms with Crippen molar-refractivity contribution in [3.05, 3.63) is 29.6 Å². The second-order valence-corrected chi connectivity index (χ2v) is 3.59. The van der Waals surface area contributed by atoms with Gasteiger partial charge in [-0.2, -0.15) is 0 Å². The molecular weight excluding hydrogens is 223 g/mol. The summed E-state index contributed by atoms with van der Waals surface area (Å²) >= 11 is 0. The lowest BCUT2D eigenvalue weighted by atomic mass is 10.1. The summed E-state index contributed by atoms with van der Waals surface area (Å²) in [6, 6.07) is 4.26. The maximum atomic E-state index is 13.0. The minimum Gasteiger partial charge on any atom is -0.466 e. The van der Waals surface area contributed by atoms with E-state index in [0.29, 0.717) is 18.0 Å². The molecule has 0 fully saturated rings.